The largest absolute Gasteiger partial charge is 0.416 e. The summed E-state index contributed by atoms with van der Waals surface area (Å²) in [6.45, 7) is 6.64. The molecule has 2 aromatic carbocycles. The summed E-state index contributed by atoms with van der Waals surface area (Å²) in [4.78, 5) is 19.4. The number of carbonyl (C=O) groups excluding carboxylic acids is 1. The number of nitrogens with zero attached hydrogens (tertiary/aromatic N) is 3. The van der Waals surface area contributed by atoms with Crippen LogP contribution >= 0.6 is 0 Å². The maximum Gasteiger partial charge on any atom is 0.416 e. The van der Waals surface area contributed by atoms with E-state index in [9.17, 15) is 31.9 Å². The number of halogens is 5. The molecule has 1 N–H and O–H groups in total. The van der Waals surface area contributed by atoms with Gasteiger partial charge in [-0.3, -0.25) is 4.90 Å². The fourth-order valence-corrected chi connectivity index (χ4v) is 5.99. The third kappa shape index (κ3) is 5.88. The van der Waals surface area contributed by atoms with E-state index >= 15 is 0 Å². The van der Waals surface area contributed by atoms with Crippen molar-refractivity contribution in [2.24, 2.45) is 5.92 Å². The molecule has 0 spiro atoms. The summed E-state index contributed by atoms with van der Waals surface area (Å²) in [5, 5.41) is 9.83. The number of amides is 2. The quantitative estimate of drug-likeness (QED) is 0.320. The monoisotopic (exact) mass is 565 g/mol. The average molecular weight is 566 g/mol. The molecule has 0 aromatic heterocycles. The summed E-state index contributed by atoms with van der Waals surface area (Å²) < 4.78 is 70.6. The molecule has 0 bridgehead atoms. The molecule has 4 rings (SSSR count). The number of hydrogen-bond donors (Lipinski definition) is 1. The van der Waals surface area contributed by atoms with Gasteiger partial charge in [0.25, 0.3) is 5.92 Å². The van der Waals surface area contributed by atoms with E-state index in [0.29, 0.717) is 31.7 Å². The van der Waals surface area contributed by atoms with Crippen LogP contribution in [0.3, 0.4) is 0 Å². The van der Waals surface area contributed by atoms with E-state index in [2.05, 4.69) is 4.90 Å². The highest BCUT2D eigenvalue weighted by molar-refractivity contribution is 5.76. The van der Waals surface area contributed by atoms with Gasteiger partial charge >= 0.3 is 12.2 Å². The Morgan fingerprint density at radius 3 is 2.42 bits per heavy atom. The van der Waals surface area contributed by atoms with Gasteiger partial charge in [0.1, 0.15) is 0 Å². The smallest absolute Gasteiger partial charge is 0.396 e. The first-order valence-corrected chi connectivity index (χ1v) is 13.5. The van der Waals surface area contributed by atoms with Crippen molar-refractivity contribution in [2.75, 3.05) is 33.3 Å². The summed E-state index contributed by atoms with van der Waals surface area (Å²) in [6, 6.07) is 8.44. The van der Waals surface area contributed by atoms with Crippen LogP contribution in [0.5, 0.6) is 0 Å². The zero-order chi connectivity index (χ0) is 29.4. The average Bonchev–Trinajstić information content (AvgIpc) is 3.34. The first kappa shape index (κ1) is 30.0. The van der Waals surface area contributed by atoms with Crippen LogP contribution in [0.25, 0.3) is 0 Å². The van der Waals surface area contributed by atoms with E-state index in [4.69, 9.17) is 0 Å². The molecular formula is C30H36F5N3O2. The first-order chi connectivity index (χ1) is 18.8. The Morgan fingerprint density at radius 2 is 1.80 bits per heavy atom. The Balaban J connectivity index is 1.70. The molecule has 2 aliphatic rings. The van der Waals surface area contributed by atoms with Gasteiger partial charge in [-0.1, -0.05) is 30.3 Å². The van der Waals surface area contributed by atoms with Crippen LogP contribution in [0.15, 0.2) is 54.6 Å². The Labute approximate surface area is 231 Å². The highest BCUT2D eigenvalue weighted by atomic mass is 19.4. The number of allylic oxidation sites excluding steroid dienone is 2. The molecule has 218 valence electrons. The molecule has 2 aromatic rings. The summed E-state index contributed by atoms with van der Waals surface area (Å²) in [6.07, 6.45) is -2.49. The van der Waals surface area contributed by atoms with Gasteiger partial charge in [-0.25, -0.2) is 4.79 Å². The molecule has 2 heterocycles. The lowest BCUT2D eigenvalue weighted by molar-refractivity contribution is -0.137. The minimum Gasteiger partial charge on any atom is -0.396 e. The van der Waals surface area contributed by atoms with Crippen LogP contribution < -0.4 is 0 Å². The Kier molecular flexibility index (Phi) is 8.61. The van der Waals surface area contributed by atoms with Gasteiger partial charge in [-0.05, 0) is 74.1 Å². The third-order valence-corrected chi connectivity index (χ3v) is 8.28. The molecule has 4 atom stereocenters. The van der Waals surface area contributed by atoms with E-state index < -0.39 is 35.3 Å². The van der Waals surface area contributed by atoms with Gasteiger partial charge in [0, 0.05) is 44.9 Å². The minimum atomic E-state index is -4.84. The van der Waals surface area contributed by atoms with E-state index in [1.54, 1.807) is 11.8 Å². The number of piperazine rings is 1. The molecule has 0 radical (unpaired) electrons. The number of fused-ring (bicyclic) bond motifs is 1. The van der Waals surface area contributed by atoms with E-state index in [1.165, 1.54) is 18.9 Å². The molecule has 2 aliphatic heterocycles. The summed E-state index contributed by atoms with van der Waals surface area (Å²) in [5.41, 5.74) is -0.0291. The lowest BCUT2D eigenvalue weighted by Gasteiger charge is -2.47. The summed E-state index contributed by atoms with van der Waals surface area (Å²) in [7, 11) is 1.49. The molecule has 2 saturated heterocycles. The van der Waals surface area contributed by atoms with Crippen LogP contribution in [0.2, 0.25) is 0 Å². The summed E-state index contributed by atoms with van der Waals surface area (Å²) >= 11 is 0. The number of benzene rings is 2. The number of rotatable bonds is 6. The number of urea groups is 1. The molecule has 0 aliphatic carbocycles. The molecule has 2 fully saturated rings. The van der Waals surface area contributed by atoms with Crippen LogP contribution in [0, 0.1) is 12.8 Å². The highest BCUT2D eigenvalue weighted by Crippen LogP contribution is 2.42. The van der Waals surface area contributed by atoms with Crippen molar-refractivity contribution in [3.05, 3.63) is 82.4 Å². The van der Waals surface area contributed by atoms with Gasteiger partial charge in [-0.15, -0.1) is 0 Å². The zero-order valence-electron chi connectivity index (χ0n) is 23.1. The van der Waals surface area contributed by atoms with Crippen molar-refractivity contribution in [1.29, 1.82) is 0 Å². The first-order valence-electron chi connectivity index (χ1n) is 13.5. The number of aryl methyl sites for hydroxylation is 1. The number of hydrogen-bond acceptors (Lipinski definition) is 3. The molecule has 4 unspecified atom stereocenters. The van der Waals surface area contributed by atoms with Gasteiger partial charge in [0.2, 0.25) is 0 Å². The lowest BCUT2D eigenvalue weighted by atomic mass is 9.89. The Morgan fingerprint density at radius 1 is 1.12 bits per heavy atom. The predicted molar refractivity (Wildman–Crippen MR) is 143 cm³/mol. The summed E-state index contributed by atoms with van der Waals surface area (Å²) in [5.74, 6) is -3.52. The van der Waals surface area contributed by atoms with E-state index in [-0.39, 0.29) is 30.2 Å². The molecule has 10 heteroatoms. The van der Waals surface area contributed by atoms with E-state index in [0.717, 1.165) is 35.9 Å². The van der Waals surface area contributed by atoms with Crippen LogP contribution in [0.1, 0.15) is 60.2 Å². The molecular weight excluding hydrogens is 529 g/mol. The second-order valence-corrected chi connectivity index (χ2v) is 10.9. The molecule has 40 heavy (non-hydrogen) atoms. The standard InChI is InChI=1S/C30H36F5N3O2/c1-5-10-29(31,32)23-14-22(15-24(16-23)30(33,34)35)20(3)36(4)28(40)38-12-11-37-17-21(18-39)13-26(37)27(38)25-9-7-6-8-19(25)2/h5-10,14-16,20-21,26-27,39H,11-13,17-18H2,1-4H3. The number of alkyl halides is 5. The predicted octanol–water partition coefficient (Wildman–Crippen LogP) is 6.53. The number of carbonyl (C=O) groups is 1. The maximum atomic E-state index is 14.7. The second-order valence-electron chi connectivity index (χ2n) is 10.9. The normalized spacial score (nSPS) is 22.9. The van der Waals surface area contributed by atoms with E-state index in [1.807, 2.05) is 31.2 Å². The Hall–Kier alpha value is -2.98. The van der Waals surface area contributed by atoms with Crippen LogP contribution in [0.4, 0.5) is 26.7 Å². The van der Waals surface area contributed by atoms with Crippen molar-refractivity contribution in [3.63, 3.8) is 0 Å². The topological polar surface area (TPSA) is 47.0 Å². The van der Waals surface area contributed by atoms with Gasteiger partial charge < -0.3 is 14.9 Å². The lowest BCUT2D eigenvalue weighted by Crippen LogP contribution is -2.56. The molecule has 0 saturated carbocycles. The van der Waals surface area contributed by atoms with Gasteiger partial charge in [0.05, 0.1) is 17.6 Å². The zero-order valence-corrected chi connectivity index (χ0v) is 23.1. The van der Waals surface area contributed by atoms with Crippen LogP contribution in [-0.2, 0) is 12.1 Å². The molecule has 5 nitrogen and oxygen atoms in total. The Bertz CT molecular complexity index is 1250. The van der Waals surface area contributed by atoms with Crippen molar-refractivity contribution in [1.82, 2.24) is 14.7 Å². The van der Waals surface area contributed by atoms with Crippen molar-refractivity contribution >= 4 is 6.03 Å². The SMILES string of the molecule is CC=CC(F)(F)c1cc(C(C)N(C)C(=O)N2CCN3CC(CO)CC3C2c2ccccc2C)cc(C(F)(F)F)c1. The van der Waals surface area contributed by atoms with Crippen LogP contribution in [-0.4, -0.2) is 65.2 Å². The second kappa shape index (κ2) is 11.5. The van der Waals surface area contributed by atoms with Gasteiger partial charge in [-0.2, -0.15) is 22.0 Å². The van der Waals surface area contributed by atoms with Crippen molar-refractivity contribution in [2.45, 2.75) is 57.4 Å². The number of aliphatic hydroxyl groups excluding tert-OH is 1. The maximum absolute atomic E-state index is 14.7. The van der Waals surface area contributed by atoms with Gasteiger partial charge in [0.15, 0.2) is 0 Å². The van der Waals surface area contributed by atoms with Crippen molar-refractivity contribution in [3.8, 4) is 0 Å². The number of aliphatic hydroxyl groups is 1. The minimum absolute atomic E-state index is 0.0284. The highest BCUT2D eigenvalue weighted by Gasteiger charge is 2.46. The van der Waals surface area contributed by atoms with Crippen molar-refractivity contribution < 1.29 is 31.9 Å². The fraction of sp³-hybridized carbons (Fsp3) is 0.500. The fourth-order valence-electron chi connectivity index (χ4n) is 5.99. The molecule has 2 amide bonds. The third-order valence-electron chi connectivity index (χ3n) is 8.28.